The zero-order valence-corrected chi connectivity index (χ0v) is 10.6. The van der Waals surface area contributed by atoms with Crippen LogP contribution in [-0.2, 0) is 5.88 Å². The van der Waals surface area contributed by atoms with E-state index in [-0.39, 0.29) is 0 Å². The molecule has 0 aliphatic heterocycles. The van der Waals surface area contributed by atoms with E-state index in [1.54, 1.807) is 6.07 Å². The zero-order valence-electron chi connectivity index (χ0n) is 7.51. The first-order chi connectivity index (χ1) is 7.20. The zero-order chi connectivity index (χ0) is 10.8. The van der Waals surface area contributed by atoms with Gasteiger partial charge >= 0.3 is 0 Å². The Kier molecular flexibility index (Phi) is 3.34. The summed E-state index contributed by atoms with van der Waals surface area (Å²) in [4.78, 5) is 0. The van der Waals surface area contributed by atoms with Gasteiger partial charge in [-0.15, -0.1) is 11.6 Å². The van der Waals surface area contributed by atoms with E-state index < -0.39 is 0 Å². The van der Waals surface area contributed by atoms with E-state index in [4.69, 9.17) is 27.7 Å². The van der Waals surface area contributed by atoms with Crippen molar-refractivity contribution >= 4 is 39.1 Å². The molecule has 0 radical (unpaired) electrons. The molecule has 78 valence electrons. The van der Waals surface area contributed by atoms with Gasteiger partial charge < -0.3 is 4.52 Å². The Morgan fingerprint density at radius 2 is 2.13 bits per heavy atom. The van der Waals surface area contributed by atoms with Gasteiger partial charge in [-0.1, -0.05) is 22.8 Å². The van der Waals surface area contributed by atoms with Crippen LogP contribution in [0.25, 0.3) is 11.3 Å². The lowest BCUT2D eigenvalue weighted by Gasteiger charge is -1.98. The van der Waals surface area contributed by atoms with Crippen LogP contribution in [0.4, 0.5) is 0 Å². The van der Waals surface area contributed by atoms with Gasteiger partial charge in [0.1, 0.15) is 5.69 Å². The van der Waals surface area contributed by atoms with Gasteiger partial charge in [-0.2, -0.15) is 0 Å². The van der Waals surface area contributed by atoms with Gasteiger partial charge in [-0.05, 0) is 28.1 Å². The second kappa shape index (κ2) is 4.56. The maximum absolute atomic E-state index is 5.89. The molecule has 0 atom stereocenters. The molecule has 0 aliphatic rings. The molecule has 0 bridgehead atoms. The van der Waals surface area contributed by atoms with E-state index in [9.17, 15) is 0 Å². The standard InChI is InChI=1S/C10H6BrCl2NO/c11-8-3-6(1-2-9(8)13)10-4-7(5-12)15-14-10/h1-4H,5H2. The quantitative estimate of drug-likeness (QED) is 0.764. The fourth-order valence-corrected chi connectivity index (χ4v) is 1.79. The smallest absolute Gasteiger partial charge is 0.152 e. The third-order valence-corrected chi connectivity index (χ3v) is 3.38. The van der Waals surface area contributed by atoms with Crippen molar-refractivity contribution < 1.29 is 4.52 Å². The van der Waals surface area contributed by atoms with Crippen molar-refractivity contribution in [3.05, 3.63) is 39.5 Å². The number of rotatable bonds is 2. The summed E-state index contributed by atoms with van der Waals surface area (Å²) in [6.07, 6.45) is 0. The molecule has 5 heteroatoms. The van der Waals surface area contributed by atoms with Crippen LogP contribution in [0.3, 0.4) is 0 Å². The highest BCUT2D eigenvalue weighted by molar-refractivity contribution is 9.10. The molecule has 2 aromatic rings. The van der Waals surface area contributed by atoms with Crippen LogP contribution in [0.1, 0.15) is 5.76 Å². The molecule has 0 N–H and O–H groups in total. The third kappa shape index (κ3) is 2.36. The molecule has 1 heterocycles. The molecule has 1 aromatic carbocycles. The molecular formula is C10H6BrCl2NO. The van der Waals surface area contributed by atoms with E-state index in [1.165, 1.54) is 0 Å². The summed E-state index contributed by atoms with van der Waals surface area (Å²) in [6, 6.07) is 7.37. The maximum Gasteiger partial charge on any atom is 0.152 e. The number of halogens is 3. The topological polar surface area (TPSA) is 26.0 Å². The Morgan fingerprint density at radius 3 is 2.73 bits per heavy atom. The highest BCUT2D eigenvalue weighted by Gasteiger charge is 2.07. The van der Waals surface area contributed by atoms with Crippen molar-refractivity contribution in [2.45, 2.75) is 5.88 Å². The summed E-state index contributed by atoms with van der Waals surface area (Å²) in [5.41, 5.74) is 1.69. The van der Waals surface area contributed by atoms with Crippen molar-refractivity contribution in [1.82, 2.24) is 5.16 Å². The number of aromatic nitrogens is 1. The van der Waals surface area contributed by atoms with Crippen LogP contribution in [0.2, 0.25) is 5.02 Å². The minimum atomic E-state index is 0.321. The summed E-state index contributed by atoms with van der Waals surface area (Å²) in [6.45, 7) is 0. The van der Waals surface area contributed by atoms with Crippen molar-refractivity contribution in [3.63, 3.8) is 0 Å². The van der Waals surface area contributed by atoms with Crippen molar-refractivity contribution in [1.29, 1.82) is 0 Å². The first-order valence-electron chi connectivity index (χ1n) is 4.17. The SMILES string of the molecule is ClCc1cc(-c2ccc(Cl)c(Br)c2)no1. The molecule has 0 unspecified atom stereocenters. The Balaban J connectivity index is 2.40. The van der Waals surface area contributed by atoms with Crippen molar-refractivity contribution in [3.8, 4) is 11.3 Å². The van der Waals surface area contributed by atoms with E-state index in [1.807, 2.05) is 18.2 Å². The predicted octanol–water partition coefficient (Wildman–Crippen LogP) is 4.50. The summed E-state index contributed by atoms with van der Waals surface area (Å²) >= 11 is 14.9. The fraction of sp³-hybridized carbons (Fsp3) is 0.100. The minimum Gasteiger partial charge on any atom is -0.359 e. The normalized spacial score (nSPS) is 10.6. The van der Waals surface area contributed by atoms with E-state index in [2.05, 4.69) is 21.1 Å². The van der Waals surface area contributed by atoms with Gasteiger partial charge in [0.05, 0.1) is 10.9 Å². The lowest BCUT2D eigenvalue weighted by atomic mass is 10.1. The van der Waals surface area contributed by atoms with Crippen LogP contribution in [-0.4, -0.2) is 5.16 Å². The van der Waals surface area contributed by atoms with Crippen LogP contribution < -0.4 is 0 Å². The molecule has 0 saturated carbocycles. The van der Waals surface area contributed by atoms with Crippen LogP contribution >= 0.6 is 39.1 Å². The lowest BCUT2D eigenvalue weighted by Crippen LogP contribution is -1.77. The Hall–Kier alpha value is -0.510. The summed E-state index contributed by atoms with van der Waals surface area (Å²) < 4.78 is 5.84. The Bertz CT molecular complexity index is 484. The molecule has 2 nitrogen and oxygen atoms in total. The number of alkyl halides is 1. The molecule has 2 rings (SSSR count). The summed E-state index contributed by atoms with van der Waals surface area (Å²) in [5, 5.41) is 4.57. The van der Waals surface area contributed by atoms with Crippen LogP contribution in [0.5, 0.6) is 0 Å². The summed E-state index contributed by atoms with van der Waals surface area (Å²) in [7, 11) is 0. The molecule has 15 heavy (non-hydrogen) atoms. The monoisotopic (exact) mass is 305 g/mol. The molecule has 0 aliphatic carbocycles. The molecule has 0 amide bonds. The van der Waals surface area contributed by atoms with Crippen molar-refractivity contribution in [2.75, 3.05) is 0 Å². The Labute approximate surface area is 105 Å². The van der Waals surface area contributed by atoms with Gasteiger partial charge in [0.25, 0.3) is 0 Å². The number of nitrogens with zero attached hydrogens (tertiary/aromatic N) is 1. The predicted molar refractivity (Wildman–Crippen MR) is 64.2 cm³/mol. The van der Waals surface area contributed by atoms with E-state index in [0.29, 0.717) is 16.7 Å². The Morgan fingerprint density at radius 1 is 1.33 bits per heavy atom. The summed E-state index contributed by atoms with van der Waals surface area (Å²) in [5.74, 6) is 0.972. The van der Waals surface area contributed by atoms with Gasteiger partial charge in [-0.25, -0.2) is 0 Å². The van der Waals surface area contributed by atoms with E-state index >= 15 is 0 Å². The highest BCUT2D eigenvalue weighted by atomic mass is 79.9. The molecule has 0 saturated heterocycles. The number of benzene rings is 1. The average Bonchev–Trinajstić information content (AvgIpc) is 2.70. The number of hydrogen-bond donors (Lipinski definition) is 0. The average molecular weight is 307 g/mol. The van der Waals surface area contributed by atoms with Crippen LogP contribution in [0, 0.1) is 0 Å². The van der Waals surface area contributed by atoms with E-state index in [0.717, 1.165) is 15.7 Å². The highest BCUT2D eigenvalue weighted by Crippen LogP contribution is 2.28. The number of hydrogen-bond acceptors (Lipinski definition) is 2. The fourth-order valence-electron chi connectivity index (χ4n) is 1.17. The second-order valence-corrected chi connectivity index (χ2v) is 4.47. The van der Waals surface area contributed by atoms with Crippen molar-refractivity contribution in [2.24, 2.45) is 0 Å². The molecule has 0 spiro atoms. The maximum atomic E-state index is 5.89. The first kappa shape index (κ1) is 11.0. The molecule has 0 fully saturated rings. The molecule has 1 aromatic heterocycles. The third-order valence-electron chi connectivity index (χ3n) is 1.91. The minimum absolute atomic E-state index is 0.321. The first-order valence-corrected chi connectivity index (χ1v) is 5.88. The van der Waals surface area contributed by atoms with Gasteiger partial charge in [-0.3, -0.25) is 0 Å². The lowest BCUT2D eigenvalue weighted by molar-refractivity contribution is 0.396. The largest absolute Gasteiger partial charge is 0.359 e. The van der Waals surface area contributed by atoms with Gasteiger partial charge in [0.2, 0.25) is 0 Å². The van der Waals surface area contributed by atoms with Gasteiger partial charge in [0, 0.05) is 16.1 Å². The molecular weight excluding hydrogens is 301 g/mol. The van der Waals surface area contributed by atoms with Gasteiger partial charge in [0.15, 0.2) is 5.76 Å². The van der Waals surface area contributed by atoms with Crippen LogP contribution in [0.15, 0.2) is 33.3 Å². The second-order valence-electron chi connectivity index (χ2n) is 2.94.